The molecule has 2 amide bonds. The average molecular weight is 421 g/mol. The number of hydrogen-bond donors (Lipinski definition) is 2. The molecule has 0 saturated carbocycles. The van der Waals surface area contributed by atoms with Crippen LogP contribution in [0.5, 0.6) is 0 Å². The number of rotatable bonds is 4. The number of urea groups is 1. The lowest BCUT2D eigenvalue weighted by atomic mass is 9.82. The normalized spacial score (nSPS) is 23.9. The summed E-state index contributed by atoms with van der Waals surface area (Å²) in [4.78, 5) is 29.7. The molecule has 160 valence electrons. The second-order valence-electron chi connectivity index (χ2n) is 8.23. The zero-order valence-corrected chi connectivity index (χ0v) is 17.4. The van der Waals surface area contributed by atoms with E-state index in [1.54, 1.807) is 29.6 Å². The van der Waals surface area contributed by atoms with Gasteiger partial charge in [-0.25, -0.2) is 14.2 Å². The molecule has 1 aromatic heterocycles. The van der Waals surface area contributed by atoms with Crippen LogP contribution in [0.2, 0.25) is 0 Å². The first-order chi connectivity index (χ1) is 15.0. The van der Waals surface area contributed by atoms with Gasteiger partial charge in [0.05, 0.1) is 5.69 Å². The van der Waals surface area contributed by atoms with Gasteiger partial charge >= 0.3 is 6.03 Å². The molecular formula is C22H24FN7O. The zero-order chi connectivity index (χ0) is 21.5. The standard InChI is InChI=1S/C22H24FN7O/c1-13-3-4-15(23)7-19(13)29-11-20-27-21(28-22(31)30(20)12-29)17-9-25-8-16(17)14(2)18-10-24-5-6-26-18/h3-7,10-11,14,16-17,25H,8-9,12H2,1-2H3,(H,27,28,31). The Labute approximate surface area is 179 Å². The van der Waals surface area contributed by atoms with Crippen LogP contribution in [0.3, 0.4) is 0 Å². The number of aliphatic imine (C=N–C) groups is 1. The highest BCUT2D eigenvalue weighted by Gasteiger charge is 2.40. The number of amides is 2. The molecule has 0 spiro atoms. The highest BCUT2D eigenvalue weighted by molar-refractivity contribution is 6.02. The Morgan fingerprint density at radius 3 is 2.94 bits per heavy atom. The van der Waals surface area contributed by atoms with Crippen molar-refractivity contribution in [3.63, 3.8) is 0 Å². The largest absolute Gasteiger partial charge is 0.329 e. The lowest BCUT2D eigenvalue weighted by Crippen LogP contribution is -2.50. The molecule has 3 atom stereocenters. The molecule has 1 fully saturated rings. The molecule has 3 unspecified atom stereocenters. The van der Waals surface area contributed by atoms with Crippen LogP contribution in [0.1, 0.15) is 24.1 Å². The highest BCUT2D eigenvalue weighted by atomic mass is 19.1. The minimum Gasteiger partial charge on any atom is -0.325 e. The number of aromatic nitrogens is 2. The van der Waals surface area contributed by atoms with E-state index in [2.05, 4.69) is 27.5 Å². The van der Waals surface area contributed by atoms with Crippen molar-refractivity contribution in [1.82, 2.24) is 25.5 Å². The number of nitrogens with one attached hydrogen (secondary N) is 2. The number of carbonyl (C=O) groups is 1. The molecule has 31 heavy (non-hydrogen) atoms. The molecule has 1 aromatic carbocycles. The predicted molar refractivity (Wildman–Crippen MR) is 115 cm³/mol. The van der Waals surface area contributed by atoms with Gasteiger partial charge in [0, 0.05) is 48.9 Å². The molecule has 2 N–H and O–H groups in total. The quantitative estimate of drug-likeness (QED) is 0.793. The highest BCUT2D eigenvalue weighted by Crippen LogP contribution is 2.34. The van der Waals surface area contributed by atoms with Gasteiger partial charge in [0.2, 0.25) is 0 Å². The molecule has 0 bridgehead atoms. The average Bonchev–Trinajstić information content (AvgIpc) is 3.43. The van der Waals surface area contributed by atoms with Crippen LogP contribution in [0.4, 0.5) is 14.9 Å². The first-order valence-corrected chi connectivity index (χ1v) is 10.4. The molecule has 3 aliphatic rings. The van der Waals surface area contributed by atoms with Crippen molar-refractivity contribution in [2.75, 3.05) is 24.7 Å². The van der Waals surface area contributed by atoms with E-state index in [0.717, 1.165) is 30.0 Å². The molecule has 8 nitrogen and oxygen atoms in total. The van der Waals surface area contributed by atoms with Crippen LogP contribution in [0.25, 0.3) is 0 Å². The minimum atomic E-state index is -0.310. The van der Waals surface area contributed by atoms with E-state index >= 15 is 0 Å². The molecule has 0 aliphatic carbocycles. The number of aryl methyl sites for hydroxylation is 1. The van der Waals surface area contributed by atoms with Crippen molar-refractivity contribution < 1.29 is 9.18 Å². The van der Waals surface area contributed by atoms with Crippen molar-refractivity contribution >= 4 is 17.6 Å². The summed E-state index contributed by atoms with van der Waals surface area (Å²) in [6.07, 6.45) is 6.97. The van der Waals surface area contributed by atoms with E-state index in [0.29, 0.717) is 18.3 Å². The van der Waals surface area contributed by atoms with E-state index in [1.165, 1.54) is 12.1 Å². The third-order valence-corrected chi connectivity index (χ3v) is 6.34. The maximum Gasteiger partial charge on any atom is 0.329 e. The van der Waals surface area contributed by atoms with Gasteiger partial charge in [0.1, 0.15) is 18.3 Å². The fourth-order valence-corrected chi connectivity index (χ4v) is 4.56. The van der Waals surface area contributed by atoms with Crippen molar-refractivity contribution in [3.05, 3.63) is 65.9 Å². The van der Waals surface area contributed by atoms with Crippen LogP contribution in [0, 0.1) is 24.6 Å². The zero-order valence-electron chi connectivity index (χ0n) is 17.4. The SMILES string of the molecule is Cc1ccc(F)cc1N1C=C2N=C(C3CNCC3C(C)c3cnccn3)NC(=O)N2C1. The molecule has 3 aliphatic heterocycles. The molecule has 4 heterocycles. The van der Waals surface area contributed by atoms with E-state index in [-0.39, 0.29) is 29.6 Å². The van der Waals surface area contributed by atoms with E-state index < -0.39 is 0 Å². The number of anilines is 1. The number of carbonyl (C=O) groups excluding carboxylic acids is 1. The summed E-state index contributed by atoms with van der Waals surface area (Å²) in [5, 5.41) is 6.41. The van der Waals surface area contributed by atoms with Crippen LogP contribution < -0.4 is 15.5 Å². The first-order valence-electron chi connectivity index (χ1n) is 10.4. The van der Waals surface area contributed by atoms with Gasteiger partial charge in [-0.3, -0.25) is 20.2 Å². The summed E-state index contributed by atoms with van der Waals surface area (Å²) in [7, 11) is 0. The Morgan fingerprint density at radius 2 is 2.13 bits per heavy atom. The third kappa shape index (κ3) is 3.54. The van der Waals surface area contributed by atoms with E-state index in [9.17, 15) is 9.18 Å². The van der Waals surface area contributed by atoms with Crippen LogP contribution in [-0.4, -0.2) is 46.5 Å². The number of amidine groups is 1. The minimum absolute atomic E-state index is 0.0500. The fraction of sp³-hybridized carbons (Fsp3) is 0.364. The lowest BCUT2D eigenvalue weighted by molar-refractivity contribution is 0.216. The van der Waals surface area contributed by atoms with E-state index in [4.69, 9.17) is 4.99 Å². The Morgan fingerprint density at radius 1 is 1.26 bits per heavy atom. The Bertz CT molecular complexity index is 1070. The fourth-order valence-electron chi connectivity index (χ4n) is 4.56. The number of halogens is 1. The van der Waals surface area contributed by atoms with Crippen LogP contribution in [-0.2, 0) is 0 Å². The smallest absolute Gasteiger partial charge is 0.325 e. The maximum atomic E-state index is 13.8. The van der Waals surface area contributed by atoms with Crippen molar-refractivity contribution in [2.45, 2.75) is 19.8 Å². The topological polar surface area (TPSA) is 85.7 Å². The maximum absolute atomic E-state index is 13.8. The Balaban J connectivity index is 1.43. The number of hydrogen-bond acceptors (Lipinski definition) is 6. The van der Waals surface area contributed by atoms with Crippen molar-refractivity contribution in [3.8, 4) is 0 Å². The van der Waals surface area contributed by atoms with Crippen LogP contribution >= 0.6 is 0 Å². The van der Waals surface area contributed by atoms with Gasteiger partial charge in [-0.05, 0) is 37.1 Å². The molecule has 9 heteroatoms. The summed E-state index contributed by atoms with van der Waals surface area (Å²) in [5.41, 5.74) is 2.59. The Hall–Kier alpha value is -3.33. The van der Waals surface area contributed by atoms with Gasteiger partial charge in [-0.1, -0.05) is 13.0 Å². The van der Waals surface area contributed by atoms with Gasteiger partial charge in [-0.15, -0.1) is 0 Å². The summed E-state index contributed by atoms with van der Waals surface area (Å²) in [5.74, 6) is 1.36. The van der Waals surface area contributed by atoms with Gasteiger partial charge in [0.15, 0.2) is 5.82 Å². The van der Waals surface area contributed by atoms with E-state index in [1.807, 2.05) is 18.0 Å². The Kier molecular flexibility index (Phi) is 4.90. The van der Waals surface area contributed by atoms with Gasteiger partial charge < -0.3 is 10.2 Å². The molecular weight excluding hydrogens is 397 g/mol. The summed E-state index contributed by atoms with van der Waals surface area (Å²) >= 11 is 0. The summed E-state index contributed by atoms with van der Waals surface area (Å²) in [6.45, 7) is 5.89. The summed E-state index contributed by atoms with van der Waals surface area (Å²) in [6, 6.07) is 4.43. The lowest BCUT2D eigenvalue weighted by Gasteiger charge is -2.30. The number of fused-ring (bicyclic) bond motifs is 1. The molecule has 0 radical (unpaired) electrons. The number of benzene rings is 1. The second-order valence-corrected chi connectivity index (χ2v) is 8.23. The first kappa shape index (κ1) is 19.6. The van der Waals surface area contributed by atoms with Gasteiger partial charge in [0.25, 0.3) is 0 Å². The summed E-state index contributed by atoms with van der Waals surface area (Å²) < 4.78 is 13.8. The van der Waals surface area contributed by atoms with Gasteiger partial charge in [-0.2, -0.15) is 0 Å². The number of nitrogens with zero attached hydrogens (tertiary/aromatic N) is 5. The van der Waals surface area contributed by atoms with Crippen LogP contribution in [0.15, 0.2) is 53.8 Å². The molecule has 2 aromatic rings. The second kappa shape index (κ2) is 7.73. The third-order valence-electron chi connectivity index (χ3n) is 6.34. The molecule has 1 saturated heterocycles. The monoisotopic (exact) mass is 421 g/mol. The van der Waals surface area contributed by atoms with Crippen molar-refractivity contribution in [2.24, 2.45) is 16.8 Å². The van der Waals surface area contributed by atoms with Crippen molar-refractivity contribution in [1.29, 1.82) is 0 Å². The molecule has 5 rings (SSSR count). The predicted octanol–water partition coefficient (Wildman–Crippen LogP) is 2.56.